The number of carbonyl (C=O) groups excluding carboxylic acids is 1. The van der Waals surface area contributed by atoms with E-state index in [1.54, 1.807) is 6.07 Å². The highest BCUT2D eigenvalue weighted by Crippen LogP contribution is 2.61. The lowest BCUT2D eigenvalue weighted by Crippen LogP contribution is -1.98. The minimum absolute atomic E-state index is 0.354. The van der Waals surface area contributed by atoms with Gasteiger partial charge in [-0.2, -0.15) is 0 Å². The zero-order valence-electron chi connectivity index (χ0n) is 16.8. The number of ether oxygens (including phenoxy) is 1. The number of benzene rings is 3. The van der Waals surface area contributed by atoms with Crippen LogP contribution in [0.2, 0.25) is 0 Å². The summed E-state index contributed by atoms with van der Waals surface area (Å²) in [4.78, 5) is 11.5. The van der Waals surface area contributed by atoms with E-state index in [4.69, 9.17) is 4.74 Å². The highest BCUT2D eigenvalue weighted by molar-refractivity contribution is 8.24. The van der Waals surface area contributed by atoms with Gasteiger partial charge < -0.3 is 9.30 Å². The average molecular weight is 513 g/mol. The summed E-state index contributed by atoms with van der Waals surface area (Å²) in [5.41, 5.74) is 4.09. The molecule has 1 heterocycles. The van der Waals surface area contributed by atoms with Gasteiger partial charge in [0.15, 0.2) is 6.29 Å². The quantitative estimate of drug-likeness (QED) is 0.200. The van der Waals surface area contributed by atoms with Gasteiger partial charge in [-0.05, 0) is 88.7 Å². The molecule has 0 saturated carbocycles. The fraction of sp³-hybridized carbons (Fsp3) is 0.0870. The Morgan fingerprint density at radius 1 is 1.00 bits per heavy atom. The normalized spacial score (nSPS) is 11.0. The number of hydrogen-bond donors (Lipinski definition) is 0. The van der Waals surface area contributed by atoms with Crippen molar-refractivity contribution in [3.63, 3.8) is 0 Å². The number of carbonyl (C=O) groups is 1. The van der Waals surface area contributed by atoms with Gasteiger partial charge in [-0.3, -0.25) is 9.36 Å². The highest BCUT2D eigenvalue weighted by atomic mass is 36.0. The van der Waals surface area contributed by atoms with E-state index in [-0.39, 0.29) is 5.82 Å². The van der Waals surface area contributed by atoms with Crippen LogP contribution in [0.25, 0.3) is 16.6 Å². The van der Waals surface area contributed by atoms with Crippen molar-refractivity contribution in [1.29, 1.82) is 0 Å². The average Bonchev–Trinajstić information content (AvgIpc) is 3.02. The van der Waals surface area contributed by atoms with Crippen LogP contribution in [-0.2, 0) is 11.2 Å². The predicted octanol–water partition coefficient (Wildman–Crippen LogP) is 8.28. The summed E-state index contributed by atoms with van der Waals surface area (Å²) >= 11 is 13.8. The molecule has 0 bridgehead atoms. The lowest BCUT2D eigenvalue weighted by molar-refractivity contribution is 0.112. The third-order valence-corrected chi connectivity index (χ3v) is 4.68. The van der Waals surface area contributed by atoms with Crippen LogP contribution in [0.15, 0.2) is 72.8 Å². The number of aromatic nitrogens is 1. The Balaban J connectivity index is 0.000000523. The van der Waals surface area contributed by atoms with Crippen LogP contribution in [0.5, 0.6) is 5.75 Å². The summed E-state index contributed by atoms with van der Waals surface area (Å²) in [5, 5.41) is -2.60. The van der Waals surface area contributed by atoms with Crippen LogP contribution in [-0.4, -0.2) is 10.9 Å². The lowest BCUT2D eigenvalue weighted by atomic mass is 10.1. The van der Waals surface area contributed by atoms with Crippen molar-refractivity contribution in [1.82, 2.24) is 4.57 Å². The minimum Gasteiger partial charge on any atom is -0.489 e. The summed E-state index contributed by atoms with van der Waals surface area (Å²) in [6, 6.07) is 22.1. The molecule has 0 N–H and O–H groups in total. The van der Waals surface area contributed by atoms with Crippen molar-refractivity contribution in [3.05, 3.63) is 95.4 Å². The van der Waals surface area contributed by atoms with Gasteiger partial charge in [-0.25, -0.2) is 4.39 Å². The molecule has 0 unspecified atom stereocenters. The fourth-order valence-electron chi connectivity index (χ4n) is 3.33. The van der Waals surface area contributed by atoms with E-state index in [2.05, 4.69) is 33.7 Å². The van der Waals surface area contributed by atoms with Crippen molar-refractivity contribution in [2.45, 2.75) is 13.5 Å². The van der Waals surface area contributed by atoms with Crippen molar-refractivity contribution >= 4 is 56.1 Å². The summed E-state index contributed by atoms with van der Waals surface area (Å²) in [5.74, 6) is 0.408. The van der Waals surface area contributed by atoms with E-state index < -0.39 is 5.20 Å². The van der Waals surface area contributed by atoms with Gasteiger partial charge in [-0.1, -0.05) is 30.3 Å². The van der Waals surface area contributed by atoms with Crippen molar-refractivity contribution in [2.75, 3.05) is 0 Å². The third kappa shape index (κ3) is 6.36. The summed E-state index contributed by atoms with van der Waals surface area (Å²) in [7, 11) is 0. The van der Waals surface area contributed by atoms with E-state index in [1.165, 1.54) is 12.1 Å². The summed E-state index contributed by atoms with van der Waals surface area (Å²) in [6.45, 7) is 2.36. The van der Waals surface area contributed by atoms with Crippen LogP contribution in [0.4, 0.5) is 4.39 Å². The van der Waals surface area contributed by atoms with Crippen LogP contribution in [0.3, 0.4) is 0 Å². The molecule has 0 fully saturated rings. The molecule has 0 atom stereocenters. The smallest absolute Gasteiger partial charge is 0.339 e. The number of nitrogens with zero attached hydrogens (tertiary/aromatic N) is 1. The maximum Gasteiger partial charge on any atom is 0.339 e. The fourth-order valence-corrected chi connectivity index (χ4v) is 3.33. The first-order chi connectivity index (χ1) is 15.2. The van der Waals surface area contributed by atoms with Crippen LogP contribution >= 0.6 is 38.9 Å². The van der Waals surface area contributed by atoms with Crippen LogP contribution in [0.1, 0.15) is 21.6 Å². The minimum atomic E-state index is -3.22. The molecular weight excluding hydrogens is 495 g/mol. The molecular formula is C23H18Cl3FNO3P. The molecule has 0 aliphatic heterocycles. The van der Waals surface area contributed by atoms with E-state index >= 15 is 0 Å². The standard InChI is InChI=1S/C23H18FNO2.Cl3OP/c1-16-22(14-26)21-13-18(24)7-12-23(21)25(16)19-8-10-20(11-9-19)27-15-17-5-3-2-4-6-17;1-5(2,3)4/h2-14H,15H2,1H3;. The molecule has 0 aliphatic rings. The molecule has 0 radical (unpaired) electrons. The molecule has 0 amide bonds. The molecule has 4 aromatic rings. The van der Waals surface area contributed by atoms with Crippen LogP contribution in [0, 0.1) is 12.7 Å². The first kappa shape index (κ1) is 24.3. The maximum atomic E-state index is 13.6. The number of rotatable bonds is 5. The van der Waals surface area contributed by atoms with Gasteiger partial charge in [0.2, 0.25) is 0 Å². The Bertz CT molecular complexity index is 1260. The Labute approximate surface area is 199 Å². The second-order valence-electron chi connectivity index (χ2n) is 6.78. The molecule has 3 aromatic carbocycles. The van der Waals surface area contributed by atoms with E-state index in [1.807, 2.05) is 66.1 Å². The molecule has 0 spiro atoms. The summed E-state index contributed by atoms with van der Waals surface area (Å²) in [6.07, 6.45) is 0.783. The van der Waals surface area contributed by atoms with Crippen molar-refractivity contribution in [2.24, 2.45) is 0 Å². The Morgan fingerprint density at radius 3 is 2.22 bits per heavy atom. The second kappa shape index (κ2) is 10.5. The maximum absolute atomic E-state index is 13.6. The van der Waals surface area contributed by atoms with E-state index in [0.29, 0.717) is 17.6 Å². The van der Waals surface area contributed by atoms with E-state index in [9.17, 15) is 13.8 Å². The first-order valence-corrected chi connectivity index (χ1v) is 13.8. The van der Waals surface area contributed by atoms with Crippen LogP contribution < -0.4 is 4.74 Å². The monoisotopic (exact) mass is 511 g/mol. The molecule has 0 aliphatic carbocycles. The van der Waals surface area contributed by atoms with Gasteiger partial charge in [0, 0.05) is 22.3 Å². The third-order valence-electron chi connectivity index (χ3n) is 4.68. The van der Waals surface area contributed by atoms with Gasteiger partial charge in [0.05, 0.1) is 5.52 Å². The second-order valence-corrected chi connectivity index (χ2v) is 13.4. The largest absolute Gasteiger partial charge is 0.489 e. The Morgan fingerprint density at radius 2 is 1.62 bits per heavy atom. The number of halogens is 4. The van der Waals surface area contributed by atoms with Gasteiger partial charge >= 0.3 is 5.20 Å². The first-order valence-electron chi connectivity index (χ1n) is 9.39. The topological polar surface area (TPSA) is 48.3 Å². The van der Waals surface area contributed by atoms with Gasteiger partial charge in [0.1, 0.15) is 18.2 Å². The van der Waals surface area contributed by atoms with Crippen molar-refractivity contribution in [3.8, 4) is 11.4 Å². The number of aldehydes is 1. The van der Waals surface area contributed by atoms with E-state index in [0.717, 1.165) is 34.5 Å². The molecule has 32 heavy (non-hydrogen) atoms. The zero-order valence-corrected chi connectivity index (χ0v) is 20.0. The molecule has 9 heteroatoms. The van der Waals surface area contributed by atoms with Gasteiger partial charge in [-0.15, -0.1) is 0 Å². The summed E-state index contributed by atoms with van der Waals surface area (Å²) < 4.78 is 30.9. The lowest BCUT2D eigenvalue weighted by Gasteiger charge is -2.11. The van der Waals surface area contributed by atoms with Crippen molar-refractivity contribution < 1.29 is 18.5 Å². The SMILES string of the molecule is Cc1c(C=O)c2cc(F)ccc2n1-c1ccc(OCc2ccccc2)cc1.O=P(Cl)(Cl)Cl. The molecule has 4 nitrogen and oxygen atoms in total. The number of hydrogen-bond acceptors (Lipinski definition) is 3. The predicted molar refractivity (Wildman–Crippen MR) is 129 cm³/mol. The molecule has 0 saturated heterocycles. The number of fused-ring (bicyclic) bond motifs is 1. The molecule has 166 valence electrons. The zero-order chi connectivity index (χ0) is 23.3. The molecule has 4 rings (SSSR count). The Kier molecular flexibility index (Phi) is 8.02. The highest BCUT2D eigenvalue weighted by Gasteiger charge is 2.15. The molecule has 1 aromatic heterocycles. The Hall–Kier alpha value is -2.30. The van der Waals surface area contributed by atoms with Gasteiger partial charge in [0.25, 0.3) is 0 Å².